The number of methoxy groups -OCH3 is 1. The normalized spacial score (nSPS) is 16.3. The number of fused-ring (bicyclic) bond motifs is 1. The van der Waals surface area contributed by atoms with Gasteiger partial charge in [0.1, 0.15) is 6.04 Å². The van der Waals surface area contributed by atoms with E-state index in [1.807, 2.05) is 49.4 Å². The number of carbonyl (C=O) groups is 2. The highest BCUT2D eigenvalue weighted by Crippen LogP contribution is 2.29. The molecular weight excluding hydrogens is 396 g/mol. The van der Waals surface area contributed by atoms with E-state index < -0.39 is 6.04 Å². The van der Waals surface area contributed by atoms with Crippen LogP contribution in [0, 0.1) is 6.92 Å². The third-order valence-corrected chi connectivity index (χ3v) is 5.08. The molecule has 0 bridgehead atoms. The SMILES string of the molecule is COC(=O)CC(NC(=O)C1Cc2cccc(C)c2N1)c1cccc(Br)c1. The Morgan fingerprint density at radius 1 is 1.31 bits per heavy atom. The first kappa shape index (κ1) is 18.5. The Hall–Kier alpha value is -2.34. The maximum absolute atomic E-state index is 12.8. The number of anilines is 1. The average molecular weight is 417 g/mol. The zero-order chi connectivity index (χ0) is 18.7. The number of hydrogen-bond acceptors (Lipinski definition) is 4. The van der Waals surface area contributed by atoms with E-state index in [2.05, 4.69) is 26.6 Å². The number of benzene rings is 2. The molecule has 1 aliphatic heterocycles. The lowest BCUT2D eigenvalue weighted by atomic mass is 10.0. The topological polar surface area (TPSA) is 67.4 Å². The van der Waals surface area contributed by atoms with Crippen LogP contribution >= 0.6 is 15.9 Å². The van der Waals surface area contributed by atoms with E-state index in [0.717, 1.165) is 26.9 Å². The number of carbonyl (C=O) groups excluding carboxylic acids is 2. The van der Waals surface area contributed by atoms with E-state index in [9.17, 15) is 9.59 Å². The monoisotopic (exact) mass is 416 g/mol. The van der Waals surface area contributed by atoms with E-state index in [1.165, 1.54) is 7.11 Å². The first-order valence-corrected chi connectivity index (χ1v) is 9.25. The molecule has 0 saturated heterocycles. The van der Waals surface area contributed by atoms with Crippen molar-refractivity contribution < 1.29 is 14.3 Å². The number of hydrogen-bond donors (Lipinski definition) is 2. The van der Waals surface area contributed by atoms with Gasteiger partial charge in [-0.25, -0.2) is 0 Å². The molecule has 0 aliphatic carbocycles. The lowest BCUT2D eigenvalue weighted by Gasteiger charge is -2.21. The third kappa shape index (κ3) is 4.07. The number of halogens is 1. The van der Waals surface area contributed by atoms with E-state index in [1.54, 1.807) is 0 Å². The highest BCUT2D eigenvalue weighted by atomic mass is 79.9. The average Bonchev–Trinajstić information content (AvgIpc) is 3.07. The van der Waals surface area contributed by atoms with Crippen LogP contribution in [0.15, 0.2) is 46.9 Å². The van der Waals surface area contributed by atoms with Gasteiger partial charge in [-0.05, 0) is 35.7 Å². The minimum atomic E-state index is -0.445. The van der Waals surface area contributed by atoms with E-state index in [-0.39, 0.29) is 24.3 Å². The molecule has 0 spiro atoms. The van der Waals surface area contributed by atoms with Crippen LogP contribution in [0.2, 0.25) is 0 Å². The van der Waals surface area contributed by atoms with Gasteiger partial charge in [-0.3, -0.25) is 9.59 Å². The molecule has 0 saturated carbocycles. The molecule has 26 heavy (non-hydrogen) atoms. The summed E-state index contributed by atoms with van der Waals surface area (Å²) in [6.07, 6.45) is 0.712. The number of nitrogens with one attached hydrogen (secondary N) is 2. The largest absolute Gasteiger partial charge is 0.469 e. The van der Waals surface area contributed by atoms with Gasteiger partial charge in [0.05, 0.1) is 19.6 Å². The Morgan fingerprint density at radius 3 is 2.77 bits per heavy atom. The van der Waals surface area contributed by atoms with Gasteiger partial charge in [-0.2, -0.15) is 0 Å². The predicted octanol–water partition coefficient (Wildman–Crippen LogP) is 3.51. The van der Waals surface area contributed by atoms with Gasteiger partial charge in [0.15, 0.2) is 0 Å². The fourth-order valence-electron chi connectivity index (χ4n) is 3.21. The zero-order valence-corrected chi connectivity index (χ0v) is 16.3. The van der Waals surface area contributed by atoms with Crippen molar-refractivity contribution in [3.05, 3.63) is 63.6 Å². The summed E-state index contributed by atoms with van der Waals surface area (Å²) in [6.45, 7) is 2.02. The summed E-state index contributed by atoms with van der Waals surface area (Å²) in [5.74, 6) is -0.497. The summed E-state index contributed by atoms with van der Waals surface area (Å²) < 4.78 is 5.68. The molecule has 0 aromatic heterocycles. The van der Waals surface area contributed by atoms with Crippen molar-refractivity contribution in [3.63, 3.8) is 0 Å². The Bertz CT molecular complexity index is 838. The van der Waals surface area contributed by atoms with Crippen LogP contribution in [0.25, 0.3) is 0 Å². The number of aryl methyl sites for hydroxylation is 1. The lowest BCUT2D eigenvalue weighted by molar-refractivity contribution is -0.141. The standard InChI is InChI=1S/C20H21BrN2O3/c1-12-5-3-7-14-10-17(22-19(12)14)20(25)23-16(11-18(24)26-2)13-6-4-8-15(21)9-13/h3-9,16-17,22H,10-11H2,1-2H3,(H,23,25). The van der Waals surface area contributed by atoms with Crippen molar-refractivity contribution in [2.24, 2.45) is 0 Å². The minimum absolute atomic E-state index is 0.0807. The van der Waals surface area contributed by atoms with Crippen molar-refractivity contribution in [3.8, 4) is 0 Å². The summed E-state index contributed by atoms with van der Waals surface area (Å²) in [5, 5.41) is 6.30. The molecule has 6 heteroatoms. The summed E-state index contributed by atoms with van der Waals surface area (Å²) >= 11 is 3.43. The van der Waals surface area contributed by atoms with Crippen LogP contribution in [0.1, 0.15) is 29.2 Å². The maximum Gasteiger partial charge on any atom is 0.307 e. The molecule has 5 nitrogen and oxygen atoms in total. The van der Waals surface area contributed by atoms with Gasteiger partial charge in [0, 0.05) is 16.6 Å². The van der Waals surface area contributed by atoms with Crippen molar-refractivity contribution in [1.29, 1.82) is 0 Å². The highest BCUT2D eigenvalue weighted by molar-refractivity contribution is 9.10. The summed E-state index contributed by atoms with van der Waals surface area (Å²) in [4.78, 5) is 24.6. The predicted molar refractivity (Wildman–Crippen MR) is 104 cm³/mol. The fourth-order valence-corrected chi connectivity index (χ4v) is 3.62. The second-order valence-corrected chi connectivity index (χ2v) is 7.32. The van der Waals surface area contributed by atoms with E-state index in [0.29, 0.717) is 6.42 Å². The smallest absolute Gasteiger partial charge is 0.307 e. The van der Waals surface area contributed by atoms with Crippen molar-refractivity contribution in [1.82, 2.24) is 5.32 Å². The number of esters is 1. The van der Waals surface area contributed by atoms with Crippen LogP contribution in [0.4, 0.5) is 5.69 Å². The molecule has 1 heterocycles. The van der Waals surface area contributed by atoms with Gasteiger partial charge in [0.25, 0.3) is 0 Å². The van der Waals surface area contributed by atoms with Crippen molar-refractivity contribution in [2.45, 2.75) is 31.8 Å². The van der Waals surface area contributed by atoms with Crippen LogP contribution in [-0.4, -0.2) is 25.0 Å². The van der Waals surface area contributed by atoms with Gasteiger partial charge in [0.2, 0.25) is 5.91 Å². The molecule has 136 valence electrons. The van der Waals surface area contributed by atoms with Crippen LogP contribution in [0.3, 0.4) is 0 Å². The first-order chi connectivity index (χ1) is 12.5. The van der Waals surface area contributed by atoms with Gasteiger partial charge in [-0.15, -0.1) is 0 Å². The molecule has 2 aromatic carbocycles. The van der Waals surface area contributed by atoms with Crippen LogP contribution in [0.5, 0.6) is 0 Å². The van der Waals surface area contributed by atoms with Gasteiger partial charge in [-0.1, -0.05) is 46.3 Å². The second kappa shape index (κ2) is 7.91. The van der Waals surface area contributed by atoms with E-state index >= 15 is 0 Å². The van der Waals surface area contributed by atoms with Gasteiger partial charge < -0.3 is 15.4 Å². The van der Waals surface area contributed by atoms with E-state index in [4.69, 9.17) is 4.74 Å². The van der Waals surface area contributed by atoms with Crippen LogP contribution in [-0.2, 0) is 20.7 Å². The quantitative estimate of drug-likeness (QED) is 0.731. The summed E-state index contributed by atoms with van der Waals surface area (Å²) in [7, 11) is 1.35. The maximum atomic E-state index is 12.8. The summed E-state index contributed by atoms with van der Waals surface area (Å²) in [5.41, 5.74) is 4.14. The van der Waals surface area contributed by atoms with Crippen molar-refractivity contribution >= 4 is 33.5 Å². The highest BCUT2D eigenvalue weighted by Gasteiger charge is 2.30. The molecule has 2 N–H and O–H groups in total. The molecule has 2 unspecified atom stereocenters. The number of rotatable bonds is 5. The Kier molecular flexibility index (Phi) is 5.61. The molecule has 2 aromatic rings. The molecule has 0 fully saturated rings. The van der Waals surface area contributed by atoms with Gasteiger partial charge >= 0.3 is 5.97 Å². The number of amides is 1. The molecule has 0 radical (unpaired) electrons. The Morgan fingerprint density at radius 2 is 2.08 bits per heavy atom. The zero-order valence-electron chi connectivity index (χ0n) is 14.7. The number of para-hydroxylation sites is 1. The van der Waals surface area contributed by atoms with Crippen LogP contribution < -0.4 is 10.6 Å². The molecule has 1 aliphatic rings. The fraction of sp³-hybridized carbons (Fsp3) is 0.300. The third-order valence-electron chi connectivity index (χ3n) is 4.58. The summed E-state index contributed by atoms with van der Waals surface area (Å²) in [6, 6.07) is 12.8. The molecule has 1 amide bonds. The lowest BCUT2D eigenvalue weighted by Crippen LogP contribution is -2.41. The number of ether oxygens (including phenoxy) is 1. The Labute approximate surface area is 161 Å². The first-order valence-electron chi connectivity index (χ1n) is 8.45. The minimum Gasteiger partial charge on any atom is -0.469 e. The van der Waals surface area contributed by atoms with Crippen molar-refractivity contribution in [2.75, 3.05) is 12.4 Å². The Balaban J connectivity index is 1.76. The molecule has 2 atom stereocenters. The second-order valence-electron chi connectivity index (χ2n) is 6.41. The molecule has 3 rings (SSSR count). The molecular formula is C20H21BrN2O3.